The average molecular weight is 642 g/mol. The van der Waals surface area contributed by atoms with E-state index < -0.39 is 24.3 Å². The number of hydrogen-bond donors (Lipinski definition) is 2. The number of fused-ring (bicyclic) bond motifs is 1. The summed E-state index contributed by atoms with van der Waals surface area (Å²) in [5.74, 6) is 1.89. The first kappa shape index (κ1) is 32.7. The number of ether oxygens (including phenoxy) is 1. The number of alkyl carbamates (subject to hydrolysis) is 1. The Morgan fingerprint density at radius 2 is 1.91 bits per heavy atom. The van der Waals surface area contributed by atoms with Gasteiger partial charge in [0.25, 0.3) is 0 Å². The van der Waals surface area contributed by atoms with Crippen LogP contribution >= 0.6 is 23.2 Å². The molecule has 44 heavy (non-hydrogen) atoms. The lowest BCUT2D eigenvalue weighted by atomic mass is 10.0. The standard InChI is InChI=1S/C31H34Cl2N6O5/c1-3-15-37-21-28(40)38-26(11-8-14-34-31(43)44-16-4-2)29(41)36(19-23-12-13-24(32)17-25(23)33)20-27(38)39(37)30(42)35-18-22-9-6-5-7-10-22/h1,4-7,9-10,12-13,17,26-27H,2,8,11,14-16,18-21H2,(H,34,43)(H,35,42)/t26-,27-/m0/s1. The van der Waals surface area contributed by atoms with E-state index in [4.69, 9.17) is 34.4 Å². The molecule has 0 spiro atoms. The highest BCUT2D eigenvalue weighted by Gasteiger charge is 2.51. The van der Waals surface area contributed by atoms with Crippen molar-refractivity contribution in [1.82, 2.24) is 30.5 Å². The van der Waals surface area contributed by atoms with E-state index in [0.29, 0.717) is 22.0 Å². The first-order valence-corrected chi connectivity index (χ1v) is 14.8. The molecule has 2 aliphatic rings. The second-order valence-electron chi connectivity index (χ2n) is 10.2. The minimum absolute atomic E-state index is 0.00715. The molecule has 0 saturated carbocycles. The summed E-state index contributed by atoms with van der Waals surface area (Å²) in [4.78, 5) is 56.2. The zero-order valence-electron chi connectivity index (χ0n) is 24.1. The van der Waals surface area contributed by atoms with Crippen molar-refractivity contribution in [1.29, 1.82) is 0 Å². The van der Waals surface area contributed by atoms with Gasteiger partial charge >= 0.3 is 12.1 Å². The van der Waals surface area contributed by atoms with E-state index in [1.54, 1.807) is 23.1 Å². The minimum atomic E-state index is -0.907. The number of nitrogens with one attached hydrogen (secondary N) is 2. The number of rotatable bonds is 11. The molecule has 2 aromatic rings. The average Bonchev–Trinajstić information content (AvgIpc) is 3.00. The van der Waals surface area contributed by atoms with Crippen molar-refractivity contribution in [2.45, 2.75) is 38.1 Å². The number of carbonyl (C=O) groups is 4. The molecule has 0 aromatic heterocycles. The van der Waals surface area contributed by atoms with Crippen LogP contribution in [0.1, 0.15) is 24.0 Å². The molecular weight excluding hydrogens is 607 g/mol. The lowest BCUT2D eigenvalue weighted by Gasteiger charge is -2.55. The van der Waals surface area contributed by atoms with Crippen molar-refractivity contribution < 1.29 is 23.9 Å². The number of urea groups is 1. The molecule has 0 bridgehead atoms. The van der Waals surface area contributed by atoms with Gasteiger partial charge in [-0.1, -0.05) is 78.2 Å². The van der Waals surface area contributed by atoms with E-state index in [2.05, 4.69) is 23.1 Å². The Morgan fingerprint density at radius 1 is 1.14 bits per heavy atom. The number of hydrazine groups is 1. The molecule has 2 heterocycles. The third-order valence-electron chi connectivity index (χ3n) is 7.23. The van der Waals surface area contributed by atoms with Gasteiger partial charge in [-0.3, -0.25) is 9.59 Å². The van der Waals surface area contributed by atoms with Gasteiger partial charge in [0.05, 0.1) is 19.6 Å². The maximum absolute atomic E-state index is 13.9. The van der Waals surface area contributed by atoms with E-state index in [1.165, 1.54) is 21.0 Å². The molecule has 2 saturated heterocycles. The van der Waals surface area contributed by atoms with Gasteiger partial charge in [-0.25, -0.2) is 14.6 Å². The molecular formula is C31H34Cl2N6O5. The second-order valence-corrected chi connectivity index (χ2v) is 11.1. The molecule has 2 fully saturated rings. The number of benzene rings is 2. The van der Waals surface area contributed by atoms with Crippen molar-refractivity contribution in [2.75, 3.05) is 32.8 Å². The molecule has 2 N–H and O–H groups in total. The van der Waals surface area contributed by atoms with Gasteiger partial charge in [0.15, 0.2) is 0 Å². The van der Waals surface area contributed by atoms with Gasteiger partial charge in [-0.05, 0) is 36.1 Å². The lowest BCUT2D eigenvalue weighted by molar-refractivity contribution is -0.189. The highest BCUT2D eigenvalue weighted by molar-refractivity contribution is 6.35. The van der Waals surface area contributed by atoms with Crippen LogP contribution < -0.4 is 10.6 Å². The summed E-state index contributed by atoms with van der Waals surface area (Å²) in [6.07, 6.45) is 6.21. The molecule has 0 aliphatic carbocycles. The highest BCUT2D eigenvalue weighted by Crippen LogP contribution is 2.31. The SMILES string of the molecule is C#CCN1CC(=O)N2[C@@H](CCCNC(=O)OCC=C)C(=O)N(Cc3ccc(Cl)cc3Cl)C[C@@H]2N1C(=O)NCc1ccccc1. The molecule has 232 valence electrons. The maximum atomic E-state index is 13.9. The van der Waals surface area contributed by atoms with Crippen molar-refractivity contribution >= 4 is 47.1 Å². The molecule has 4 rings (SSSR count). The second kappa shape index (κ2) is 15.5. The van der Waals surface area contributed by atoms with Crippen LogP contribution in [0.4, 0.5) is 9.59 Å². The topological polar surface area (TPSA) is 115 Å². The van der Waals surface area contributed by atoms with E-state index in [9.17, 15) is 19.2 Å². The van der Waals surface area contributed by atoms with Crippen molar-refractivity contribution in [3.8, 4) is 12.3 Å². The Hall–Kier alpha value is -4.24. The van der Waals surface area contributed by atoms with Crippen molar-refractivity contribution in [3.05, 3.63) is 82.4 Å². The smallest absolute Gasteiger partial charge is 0.407 e. The number of hydrogen-bond acceptors (Lipinski definition) is 6. The summed E-state index contributed by atoms with van der Waals surface area (Å²) in [6.45, 7) is 4.01. The fraction of sp³-hybridized carbons (Fsp3) is 0.355. The van der Waals surface area contributed by atoms with Crippen LogP contribution in [0.15, 0.2) is 61.2 Å². The van der Waals surface area contributed by atoms with Crippen LogP contribution in [0.5, 0.6) is 0 Å². The molecule has 11 nitrogen and oxygen atoms in total. The molecule has 0 radical (unpaired) electrons. The number of terminal acetylenes is 1. The predicted octanol–water partition coefficient (Wildman–Crippen LogP) is 3.63. The molecule has 5 amide bonds. The van der Waals surface area contributed by atoms with Crippen LogP contribution in [0.25, 0.3) is 0 Å². The monoisotopic (exact) mass is 640 g/mol. The van der Waals surface area contributed by atoms with Gasteiger partial charge < -0.3 is 25.2 Å². The summed E-state index contributed by atoms with van der Waals surface area (Å²) in [7, 11) is 0. The minimum Gasteiger partial charge on any atom is -0.445 e. The number of carbonyl (C=O) groups excluding carboxylic acids is 4. The van der Waals surface area contributed by atoms with Gasteiger partial charge in [0.2, 0.25) is 11.8 Å². The molecule has 2 aromatic carbocycles. The van der Waals surface area contributed by atoms with E-state index in [1.807, 2.05) is 30.3 Å². The third-order valence-corrected chi connectivity index (χ3v) is 7.82. The maximum Gasteiger partial charge on any atom is 0.407 e. The fourth-order valence-corrected chi connectivity index (χ4v) is 5.71. The van der Waals surface area contributed by atoms with E-state index >= 15 is 0 Å². The lowest BCUT2D eigenvalue weighted by Crippen LogP contribution is -2.76. The molecule has 13 heteroatoms. The molecule has 2 atom stereocenters. The molecule has 0 unspecified atom stereocenters. The Kier molecular flexibility index (Phi) is 11.5. The van der Waals surface area contributed by atoms with Gasteiger partial charge in [0.1, 0.15) is 18.8 Å². The fourth-order valence-electron chi connectivity index (χ4n) is 5.24. The summed E-state index contributed by atoms with van der Waals surface area (Å²) >= 11 is 12.5. The number of piperazine rings is 1. The van der Waals surface area contributed by atoms with E-state index in [-0.39, 0.29) is 64.1 Å². The summed E-state index contributed by atoms with van der Waals surface area (Å²) in [6, 6.07) is 13.0. The predicted molar refractivity (Wildman–Crippen MR) is 166 cm³/mol. The van der Waals surface area contributed by atoms with Gasteiger partial charge in [-0.15, -0.1) is 6.42 Å². The Labute approximate surface area is 266 Å². The Bertz CT molecular complexity index is 1420. The normalized spacial score (nSPS) is 18.3. The molecule has 2 aliphatic heterocycles. The number of nitrogens with zero attached hydrogens (tertiary/aromatic N) is 4. The van der Waals surface area contributed by atoms with Crippen molar-refractivity contribution in [3.63, 3.8) is 0 Å². The zero-order valence-corrected chi connectivity index (χ0v) is 25.6. The number of halogens is 2. The van der Waals surface area contributed by atoms with Gasteiger partial charge in [-0.2, -0.15) is 5.01 Å². The van der Waals surface area contributed by atoms with Gasteiger partial charge in [0, 0.05) is 29.7 Å². The summed E-state index contributed by atoms with van der Waals surface area (Å²) in [5.41, 5.74) is 1.55. The van der Waals surface area contributed by atoms with Crippen molar-refractivity contribution in [2.24, 2.45) is 0 Å². The third kappa shape index (κ3) is 8.02. The Balaban J connectivity index is 1.61. The van der Waals surface area contributed by atoms with Crippen LogP contribution in [0.3, 0.4) is 0 Å². The van der Waals surface area contributed by atoms with Crippen LogP contribution in [-0.2, 0) is 27.4 Å². The summed E-state index contributed by atoms with van der Waals surface area (Å²) < 4.78 is 4.94. The van der Waals surface area contributed by atoms with E-state index in [0.717, 1.165) is 5.56 Å². The van der Waals surface area contributed by atoms with Crippen LogP contribution in [0.2, 0.25) is 10.0 Å². The largest absolute Gasteiger partial charge is 0.445 e. The van der Waals surface area contributed by atoms with Crippen LogP contribution in [0, 0.1) is 12.3 Å². The highest BCUT2D eigenvalue weighted by atomic mass is 35.5. The first-order valence-electron chi connectivity index (χ1n) is 14.1. The number of amides is 5. The summed E-state index contributed by atoms with van der Waals surface area (Å²) in [5, 5.41) is 9.35. The quantitative estimate of drug-likeness (QED) is 0.220. The first-order chi connectivity index (χ1) is 21.2. The van der Waals surface area contributed by atoms with Crippen LogP contribution in [-0.4, -0.2) is 88.7 Å². The zero-order chi connectivity index (χ0) is 31.6. The Morgan fingerprint density at radius 3 is 2.61 bits per heavy atom.